The van der Waals surface area contributed by atoms with Gasteiger partial charge in [0.1, 0.15) is 11.9 Å². The highest BCUT2D eigenvalue weighted by atomic mass is 19.1. The van der Waals surface area contributed by atoms with Crippen LogP contribution in [0, 0.1) is 17.1 Å². The van der Waals surface area contributed by atoms with Crippen molar-refractivity contribution < 1.29 is 13.9 Å². The van der Waals surface area contributed by atoms with Crippen molar-refractivity contribution in [2.45, 2.75) is 18.9 Å². The van der Waals surface area contributed by atoms with Gasteiger partial charge in [0, 0.05) is 20.2 Å². The van der Waals surface area contributed by atoms with Gasteiger partial charge in [-0.15, -0.1) is 0 Å². The van der Waals surface area contributed by atoms with E-state index in [2.05, 4.69) is 11.0 Å². The molecule has 0 amide bonds. The molecule has 1 aliphatic heterocycles. The van der Waals surface area contributed by atoms with Gasteiger partial charge in [0.05, 0.1) is 30.6 Å². The highest BCUT2D eigenvalue weighted by molar-refractivity contribution is 5.59. The minimum absolute atomic E-state index is 0.243. The van der Waals surface area contributed by atoms with Crippen LogP contribution in [-0.2, 0) is 9.47 Å². The van der Waals surface area contributed by atoms with Gasteiger partial charge in [-0.2, -0.15) is 5.26 Å². The van der Waals surface area contributed by atoms with E-state index in [4.69, 9.17) is 14.7 Å². The van der Waals surface area contributed by atoms with Crippen molar-refractivity contribution in [3.8, 4) is 6.07 Å². The van der Waals surface area contributed by atoms with E-state index in [1.54, 1.807) is 13.2 Å². The van der Waals surface area contributed by atoms with Crippen molar-refractivity contribution in [2.24, 2.45) is 0 Å². The van der Waals surface area contributed by atoms with E-state index >= 15 is 0 Å². The van der Waals surface area contributed by atoms with Crippen molar-refractivity contribution in [1.29, 1.82) is 5.26 Å². The van der Waals surface area contributed by atoms with Crippen LogP contribution in [0.4, 0.5) is 10.1 Å². The molecular weight excluding hydrogens is 259 g/mol. The quantitative estimate of drug-likeness (QED) is 0.775. The summed E-state index contributed by atoms with van der Waals surface area (Å²) in [4.78, 5) is 2.12. The van der Waals surface area contributed by atoms with E-state index in [1.807, 2.05) is 0 Å². The molecule has 0 unspecified atom stereocenters. The lowest BCUT2D eigenvalue weighted by atomic mass is 10.1. The van der Waals surface area contributed by atoms with Gasteiger partial charge in [0.25, 0.3) is 0 Å². The molecule has 5 heteroatoms. The fourth-order valence-corrected chi connectivity index (χ4v) is 2.44. The molecule has 1 fully saturated rings. The molecule has 1 aromatic rings. The molecule has 0 bridgehead atoms. The van der Waals surface area contributed by atoms with E-state index in [0.29, 0.717) is 18.8 Å². The van der Waals surface area contributed by atoms with E-state index in [0.717, 1.165) is 31.6 Å². The number of halogens is 1. The standard InChI is InChI=1S/C15H19FN2O2/c1-19-8-9-20-14-4-6-18(7-5-14)15-3-2-13(16)10-12(15)11-17/h2-3,10,14H,4-9H2,1H3. The molecule has 2 rings (SSSR count). The van der Waals surface area contributed by atoms with Gasteiger partial charge in [0.2, 0.25) is 0 Å². The number of ether oxygens (including phenoxy) is 2. The smallest absolute Gasteiger partial charge is 0.124 e. The van der Waals surface area contributed by atoms with Crippen LogP contribution in [0.15, 0.2) is 18.2 Å². The third-order valence-electron chi connectivity index (χ3n) is 3.50. The minimum atomic E-state index is -0.372. The zero-order chi connectivity index (χ0) is 14.4. The summed E-state index contributed by atoms with van der Waals surface area (Å²) in [7, 11) is 1.66. The van der Waals surface area contributed by atoms with Crippen LogP contribution in [0.2, 0.25) is 0 Å². The summed E-state index contributed by atoms with van der Waals surface area (Å²) in [6.07, 6.45) is 2.06. The van der Waals surface area contributed by atoms with Crippen LogP contribution in [0.25, 0.3) is 0 Å². The first-order chi connectivity index (χ1) is 9.74. The van der Waals surface area contributed by atoms with Crippen LogP contribution < -0.4 is 4.90 Å². The lowest BCUT2D eigenvalue weighted by molar-refractivity contribution is 0.00610. The second kappa shape index (κ2) is 7.22. The topological polar surface area (TPSA) is 45.5 Å². The summed E-state index contributed by atoms with van der Waals surface area (Å²) >= 11 is 0. The van der Waals surface area contributed by atoms with Crippen molar-refractivity contribution >= 4 is 5.69 Å². The zero-order valence-electron chi connectivity index (χ0n) is 11.6. The Kier molecular flexibility index (Phi) is 5.33. The Morgan fingerprint density at radius 1 is 1.35 bits per heavy atom. The maximum Gasteiger partial charge on any atom is 0.124 e. The van der Waals surface area contributed by atoms with Gasteiger partial charge < -0.3 is 14.4 Å². The minimum Gasteiger partial charge on any atom is -0.382 e. The highest BCUT2D eigenvalue weighted by Crippen LogP contribution is 2.25. The van der Waals surface area contributed by atoms with E-state index in [-0.39, 0.29) is 11.9 Å². The normalized spacial score (nSPS) is 16.1. The first-order valence-corrected chi connectivity index (χ1v) is 6.79. The van der Waals surface area contributed by atoms with E-state index in [9.17, 15) is 4.39 Å². The largest absolute Gasteiger partial charge is 0.382 e. The Morgan fingerprint density at radius 3 is 2.75 bits per heavy atom. The molecular formula is C15H19FN2O2. The molecule has 0 aromatic heterocycles. The Balaban J connectivity index is 1.92. The number of benzene rings is 1. The monoisotopic (exact) mass is 278 g/mol. The van der Waals surface area contributed by atoms with Crippen LogP contribution in [0.1, 0.15) is 18.4 Å². The van der Waals surface area contributed by atoms with Crippen molar-refractivity contribution in [1.82, 2.24) is 0 Å². The molecule has 0 atom stereocenters. The second-order valence-electron chi connectivity index (χ2n) is 4.82. The molecule has 0 spiro atoms. The summed E-state index contributed by atoms with van der Waals surface area (Å²) in [5.74, 6) is -0.372. The molecule has 108 valence electrons. The maximum absolute atomic E-state index is 13.1. The van der Waals surface area contributed by atoms with Crippen molar-refractivity contribution in [3.63, 3.8) is 0 Å². The molecule has 0 aliphatic carbocycles. The number of nitrogens with zero attached hydrogens (tertiary/aromatic N) is 2. The lowest BCUT2D eigenvalue weighted by Gasteiger charge is -2.34. The SMILES string of the molecule is COCCOC1CCN(c2ccc(F)cc2C#N)CC1. The zero-order valence-corrected chi connectivity index (χ0v) is 11.6. The highest BCUT2D eigenvalue weighted by Gasteiger charge is 2.21. The molecule has 0 N–H and O–H groups in total. The number of hydrogen-bond donors (Lipinski definition) is 0. The van der Waals surface area contributed by atoms with E-state index in [1.165, 1.54) is 12.1 Å². The predicted molar refractivity (Wildman–Crippen MR) is 74.2 cm³/mol. The first-order valence-electron chi connectivity index (χ1n) is 6.79. The Morgan fingerprint density at radius 2 is 2.10 bits per heavy atom. The molecule has 1 aromatic carbocycles. The molecule has 0 radical (unpaired) electrons. The number of rotatable bonds is 5. The Bertz CT molecular complexity index is 479. The van der Waals surface area contributed by atoms with Crippen molar-refractivity contribution in [3.05, 3.63) is 29.6 Å². The Labute approximate surface area is 118 Å². The lowest BCUT2D eigenvalue weighted by Crippen LogP contribution is -2.37. The van der Waals surface area contributed by atoms with Gasteiger partial charge in [0.15, 0.2) is 0 Å². The van der Waals surface area contributed by atoms with Crippen LogP contribution >= 0.6 is 0 Å². The van der Waals surface area contributed by atoms with Crippen LogP contribution in [0.5, 0.6) is 0 Å². The van der Waals surface area contributed by atoms with Gasteiger partial charge in [-0.3, -0.25) is 0 Å². The molecule has 4 nitrogen and oxygen atoms in total. The van der Waals surface area contributed by atoms with Gasteiger partial charge in [-0.25, -0.2) is 4.39 Å². The summed E-state index contributed by atoms with van der Waals surface area (Å²) < 4.78 is 23.8. The summed E-state index contributed by atoms with van der Waals surface area (Å²) in [5, 5.41) is 9.09. The van der Waals surface area contributed by atoms with E-state index < -0.39 is 0 Å². The molecule has 0 saturated carbocycles. The third-order valence-corrected chi connectivity index (χ3v) is 3.50. The number of piperidine rings is 1. The molecule has 20 heavy (non-hydrogen) atoms. The molecule has 1 saturated heterocycles. The second-order valence-corrected chi connectivity index (χ2v) is 4.82. The fourth-order valence-electron chi connectivity index (χ4n) is 2.44. The van der Waals surface area contributed by atoms with Gasteiger partial charge in [-0.1, -0.05) is 0 Å². The average molecular weight is 278 g/mol. The Hall–Kier alpha value is -1.64. The van der Waals surface area contributed by atoms with Crippen molar-refractivity contribution in [2.75, 3.05) is 38.3 Å². The van der Waals surface area contributed by atoms with Gasteiger partial charge >= 0.3 is 0 Å². The number of hydrogen-bond acceptors (Lipinski definition) is 4. The molecule has 1 heterocycles. The fraction of sp³-hybridized carbons (Fsp3) is 0.533. The predicted octanol–water partition coefficient (Wildman–Crippen LogP) is 2.33. The van der Waals surface area contributed by atoms with Crippen LogP contribution in [-0.4, -0.2) is 39.5 Å². The first kappa shape index (κ1) is 14.8. The maximum atomic E-state index is 13.1. The molecule has 1 aliphatic rings. The summed E-state index contributed by atoms with van der Waals surface area (Å²) in [6.45, 7) is 2.85. The van der Waals surface area contributed by atoms with Crippen LogP contribution in [0.3, 0.4) is 0 Å². The summed E-state index contributed by atoms with van der Waals surface area (Å²) in [5.41, 5.74) is 1.20. The third kappa shape index (κ3) is 3.69. The average Bonchev–Trinajstić information content (AvgIpc) is 2.48. The number of anilines is 1. The van der Waals surface area contributed by atoms with Gasteiger partial charge in [-0.05, 0) is 31.0 Å². The number of methoxy groups -OCH3 is 1. The number of nitriles is 1. The summed E-state index contributed by atoms with van der Waals surface area (Å²) in [6, 6.07) is 6.43.